The molecule has 2 rings (SSSR count). The average molecular weight is 254 g/mol. The van der Waals surface area contributed by atoms with Gasteiger partial charge < -0.3 is 10.2 Å². The highest BCUT2D eigenvalue weighted by molar-refractivity contribution is 6.33. The summed E-state index contributed by atoms with van der Waals surface area (Å²) in [5, 5.41) is 4.26. The van der Waals surface area contributed by atoms with E-state index in [0.717, 1.165) is 36.9 Å². The van der Waals surface area contributed by atoms with E-state index in [0.29, 0.717) is 6.04 Å². The first-order valence-corrected chi connectivity index (χ1v) is 6.43. The molecule has 1 aromatic rings. The average Bonchev–Trinajstić information content (AvgIpc) is 2.32. The lowest BCUT2D eigenvalue weighted by atomic mass is 10.2. The summed E-state index contributed by atoms with van der Waals surface area (Å²) in [6, 6.07) is 8.55. The lowest BCUT2D eigenvalue weighted by Gasteiger charge is -2.36. The van der Waals surface area contributed by atoms with Crippen molar-refractivity contribution in [1.29, 1.82) is 0 Å². The van der Waals surface area contributed by atoms with Crippen LogP contribution in [0.15, 0.2) is 24.3 Å². The maximum absolute atomic E-state index is 6.20. The molecule has 1 fully saturated rings. The lowest BCUT2D eigenvalue weighted by Crippen LogP contribution is -2.53. The van der Waals surface area contributed by atoms with E-state index in [1.165, 1.54) is 0 Å². The standard InChI is InChI=1S/C13H20ClN3/c1-16-8-7-15-9-11(16)10-17(2)13-6-4-3-5-12(13)14/h3-6,11,15H,7-10H2,1-2H3. The molecule has 3 nitrogen and oxygen atoms in total. The summed E-state index contributed by atoms with van der Waals surface area (Å²) >= 11 is 6.20. The van der Waals surface area contributed by atoms with Gasteiger partial charge in [0.1, 0.15) is 0 Å². The van der Waals surface area contributed by atoms with Gasteiger partial charge in [-0.1, -0.05) is 23.7 Å². The Morgan fingerprint density at radius 1 is 1.47 bits per heavy atom. The van der Waals surface area contributed by atoms with Gasteiger partial charge in [0.2, 0.25) is 0 Å². The molecule has 1 atom stereocenters. The Morgan fingerprint density at radius 2 is 2.24 bits per heavy atom. The van der Waals surface area contributed by atoms with E-state index >= 15 is 0 Å². The Kier molecular flexibility index (Phi) is 4.26. The molecule has 17 heavy (non-hydrogen) atoms. The summed E-state index contributed by atoms with van der Waals surface area (Å²) in [6.07, 6.45) is 0. The molecule has 1 heterocycles. The van der Waals surface area contributed by atoms with Gasteiger partial charge in [0.25, 0.3) is 0 Å². The van der Waals surface area contributed by atoms with Gasteiger partial charge in [-0.3, -0.25) is 4.90 Å². The van der Waals surface area contributed by atoms with Gasteiger partial charge in [0, 0.05) is 39.3 Å². The van der Waals surface area contributed by atoms with E-state index in [1.54, 1.807) is 0 Å². The lowest BCUT2D eigenvalue weighted by molar-refractivity contribution is 0.204. The van der Waals surface area contributed by atoms with Gasteiger partial charge >= 0.3 is 0 Å². The van der Waals surface area contributed by atoms with E-state index in [-0.39, 0.29) is 0 Å². The number of hydrogen-bond donors (Lipinski definition) is 1. The molecule has 1 aromatic carbocycles. The fraction of sp³-hybridized carbons (Fsp3) is 0.538. The van der Waals surface area contributed by atoms with Crippen molar-refractivity contribution in [3.63, 3.8) is 0 Å². The van der Waals surface area contributed by atoms with Crippen LogP contribution >= 0.6 is 11.6 Å². The van der Waals surface area contributed by atoms with Gasteiger partial charge in [0.05, 0.1) is 10.7 Å². The summed E-state index contributed by atoms with van der Waals surface area (Å²) < 4.78 is 0. The number of benzene rings is 1. The highest BCUT2D eigenvalue weighted by Gasteiger charge is 2.20. The quantitative estimate of drug-likeness (QED) is 0.884. The highest BCUT2D eigenvalue weighted by atomic mass is 35.5. The summed E-state index contributed by atoms with van der Waals surface area (Å²) in [5.74, 6) is 0. The molecule has 1 saturated heterocycles. The minimum absolute atomic E-state index is 0.546. The van der Waals surface area contributed by atoms with Crippen LogP contribution in [0.3, 0.4) is 0 Å². The Labute approximate surface area is 108 Å². The third-order valence-corrected chi connectivity index (χ3v) is 3.71. The molecule has 1 aliphatic rings. The summed E-state index contributed by atoms with van der Waals surface area (Å²) in [5.41, 5.74) is 1.10. The second kappa shape index (κ2) is 5.71. The van der Waals surface area contributed by atoms with Crippen LogP contribution in [-0.4, -0.2) is 51.2 Å². The van der Waals surface area contributed by atoms with Crippen molar-refractivity contribution in [2.45, 2.75) is 6.04 Å². The second-order valence-corrected chi connectivity index (χ2v) is 5.08. The molecule has 0 spiro atoms. The number of piperazine rings is 1. The zero-order valence-electron chi connectivity index (χ0n) is 10.5. The minimum Gasteiger partial charge on any atom is -0.372 e. The molecule has 4 heteroatoms. The van der Waals surface area contributed by atoms with Crippen molar-refractivity contribution in [3.05, 3.63) is 29.3 Å². The number of anilines is 1. The number of rotatable bonds is 3. The van der Waals surface area contributed by atoms with Crippen LogP contribution in [0.4, 0.5) is 5.69 Å². The molecule has 0 amide bonds. The van der Waals surface area contributed by atoms with Crippen LogP contribution in [0.1, 0.15) is 0 Å². The fourth-order valence-electron chi connectivity index (χ4n) is 2.24. The first-order valence-electron chi connectivity index (χ1n) is 6.05. The van der Waals surface area contributed by atoms with Crippen molar-refractivity contribution < 1.29 is 0 Å². The molecule has 0 saturated carbocycles. The third kappa shape index (κ3) is 3.12. The Balaban J connectivity index is 2.01. The molecule has 1 unspecified atom stereocenters. The third-order valence-electron chi connectivity index (χ3n) is 3.39. The molecule has 94 valence electrons. The first-order chi connectivity index (χ1) is 8.18. The normalized spacial score (nSPS) is 21.5. The smallest absolute Gasteiger partial charge is 0.0639 e. The molecule has 0 radical (unpaired) electrons. The molecular formula is C13H20ClN3. The van der Waals surface area contributed by atoms with Crippen molar-refractivity contribution >= 4 is 17.3 Å². The van der Waals surface area contributed by atoms with Crippen LogP contribution in [-0.2, 0) is 0 Å². The van der Waals surface area contributed by atoms with Crippen LogP contribution in [0, 0.1) is 0 Å². The predicted octanol–water partition coefficient (Wildman–Crippen LogP) is 1.68. The molecule has 0 aliphatic carbocycles. The van der Waals surface area contributed by atoms with Crippen molar-refractivity contribution in [1.82, 2.24) is 10.2 Å². The van der Waals surface area contributed by atoms with Crippen LogP contribution in [0.2, 0.25) is 5.02 Å². The fourth-order valence-corrected chi connectivity index (χ4v) is 2.52. The molecule has 0 bridgehead atoms. The van der Waals surface area contributed by atoms with E-state index in [2.05, 4.69) is 35.3 Å². The van der Waals surface area contributed by atoms with E-state index < -0.39 is 0 Å². The topological polar surface area (TPSA) is 18.5 Å². The first kappa shape index (κ1) is 12.7. The maximum atomic E-state index is 6.20. The van der Waals surface area contributed by atoms with Crippen LogP contribution in [0.25, 0.3) is 0 Å². The predicted molar refractivity (Wildman–Crippen MR) is 74.0 cm³/mol. The van der Waals surface area contributed by atoms with Crippen molar-refractivity contribution in [2.75, 3.05) is 45.2 Å². The zero-order chi connectivity index (χ0) is 12.3. The number of para-hydroxylation sites is 1. The molecule has 1 aliphatic heterocycles. The molecule has 0 aromatic heterocycles. The van der Waals surface area contributed by atoms with Crippen molar-refractivity contribution in [2.24, 2.45) is 0 Å². The number of nitrogens with one attached hydrogen (secondary N) is 1. The molecular weight excluding hydrogens is 234 g/mol. The minimum atomic E-state index is 0.546. The van der Waals surface area contributed by atoms with Gasteiger partial charge in [-0.05, 0) is 19.2 Å². The van der Waals surface area contributed by atoms with E-state index in [1.807, 2.05) is 18.2 Å². The Hall–Kier alpha value is -0.770. The Morgan fingerprint density at radius 3 is 2.94 bits per heavy atom. The van der Waals surface area contributed by atoms with Gasteiger partial charge in [-0.15, -0.1) is 0 Å². The van der Waals surface area contributed by atoms with E-state index in [9.17, 15) is 0 Å². The van der Waals surface area contributed by atoms with Crippen LogP contribution < -0.4 is 10.2 Å². The number of nitrogens with zero attached hydrogens (tertiary/aromatic N) is 2. The maximum Gasteiger partial charge on any atom is 0.0639 e. The SMILES string of the molecule is CN(CC1CNCCN1C)c1ccccc1Cl. The van der Waals surface area contributed by atoms with Crippen molar-refractivity contribution in [3.8, 4) is 0 Å². The summed E-state index contributed by atoms with van der Waals surface area (Å²) in [6.45, 7) is 4.24. The summed E-state index contributed by atoms with van der Waals surface area (Å²) in [4.78, 5) is 4.64. The number of halogens is 1. The zero-order valence-corrected chi connectivity index (χ0v) is 11.2. The number of hydrogen-bond acceptors (Lipinski definition) is 3. The molecule has 1 N–H and O–H groups in total. The second-order valence-electron chi connectivity index (χ2n) is 4.67. The summed E-state index contributed by atoms with van der Waals surface area (Å²) in [7, 11) is 4.29. The van der Waals surface area contributed by atoms with Crippen LogP contribution in [0.5, 0.6) is 0 Å². The van der Waals surface area contributed by atoms with Gasteiger partial charge in [-0.2, -0.15) is 0 Å². The number of likely N-dealkylation sites (N-methyl/N-ethyl adjacent to an activating group) is 2. The van der Waals surface area contributed by atoms with Gasteiger partial charge in [0.15, 0.2) is 0 Å². The monoisotopic (exact) mass is 253 g/mol. The largest absolute Gasteiger partial charge is 0.372 e. The highest BCUT2D eigenvalue weighted by Crippen LogP contribution is 2.24. The van der Waals surface area contributed by atoms with Gasteiger partial charge in [-0.25, -0.2) is 0 Å². The van der Waals surface area contributed by atoms with E-state index in [4.69, 9.17) is 11.6 Å². The Bertz CT molecular complexity index is 369.